The summed E-state index contributed by atoms with van der Waals surface area (Å²) in [4.78, 5) is 38.1. The van der Waals surface area contributed by atoms with Crippen molar-refractivity contribution in [3.05, 3.63) is 0 Å². The molecule has 0 aromatic rings. The number of carbonyl (C=O) groups excluding carboxylic acids is 3. The minimum Gasteiger partial charge on any atom is -0.462 e. The molecule has 0 radical (unpaired) electrons. The maximum Gasteiger partial charge on any atom is 0.309 e. The molecular formula is C28H38O6. The summed E-state index contributed by atoms with van der Waals surface area (Å²) in [6.07, 6.45) is 8.86. The van der Waals surface area contributed by atoms with Crippen LogP contribution in [0.1, 0.15) is 71.6 Å². The zero-order valence-corrected chi connectivity index (χ0v) is 20.4. The molecule has 7 rings (SSSR count). The van der Waals surface area contributed by atoms with E-state index in [0.29, 0.717) is 18.8 Å². The summed E-state index contributed by atoms with van der Waals surface area (Å²) in [5, 5.41) is 0. The third-order valence-electron chi connectivity index (χ3n) is 11.5. The van der Waals surface area contributed by atoms with E-state index in [2.05, 4.69) is 0 Å². The first kappa shape index (κ1) is 21.7. The van der Waals surface area contributed by atoms with Crippen LogP contribution < -0.4 is 0 Å². The molecule has 14 unspecified atom stereocenters. The van der Waals surface area contributed by atoms with Gasteiger partial charge in [-0.15, -0.1) is 0 Å². The molecule has 6 aliphatic carbocycles. The Kier molecular flexibility index (Phi) is 4.91. The Labute approximate surface area is 201 Å². The van der Waals surface area contributed by atoms with E-state index in [0.717, 1.165) is 48.9 Å². The average molecular weight is 471 g/mol. The van der Waals surface area contributed by atoms with Crippen molar-refractivity contribution in [3.63, 3.8) is 0 Å². The number of carbonyl (C=O) groups is 3. The Balaban J connectivity index is 0.942. The van der Waals surface area contributed by atoms with E-state index in [9.17, 15) is 14.4 Å². The van der Waals surface area contributed by atoms with Crippen molar-refractivity contribution in [1.82, 2.24) is 0 Å². The SMILES string of the molecule is CCC(CC(C)C(=O)OC1CC2CC1C1C3CCC(C3)C21)C(=O)OC1C2CC3C(=O)OC1C3C2. The summed E-state index contributed by atoms with van der Waals surface area (Å²) < 4.78 is 17.6. The van der Waals surface area contributed by atoms with Crippen LogP contribution in [0.25, 0.3) is 0 Å². The number of ether oxygens (including phenoxy) is 3. The number of hydrogen-bond acceptors (Lipinski definition) is 6. The molecule has 7 fully saturated rings. The van der Waals surface area contributed by atoms with Crippen LogP contribution in [0.5, 0.6) is 0 Å². The first-order chi connectivity index (χ1) is 16.4. The first-order valence-electron chi connectivity index (χ1n) is 14.0. The van der Waals surface area contributed by atoms with Crippen LogP contribution in [0.2, 0.25) is 0 Å². The van der Waals surface area contributed by atoms with E-state index in [4.69, 9.17) is 14.2 Å². The fourth-order valence-corrected chi connectivity index (χ4v) is 10.2. The topological polar surface area (TPSA) is 78.9 Å². The van der Waals surface area contributed by atoms with Crippen molar-refractivity contribution >= 4 is 17.9 Å². The van der Waals surface area contributed by atoms with Gasteiger partial charge in [0, 0.05) is 11.8 Å². The van der Waals surface area contributed by atoms with Gasteiger partial charge in [-0.2, -0.15) is 0 Å². The highest BCUT2D eigenvalue weighted by molar-refractivity contribution is 5.78. The Morgan fingerprint density at radius 3 is 2.47 bits per heavy atom. The highest BCUT2D eigenvalue weighted by Gasteiger charge is 2.64. The van der Waals surface area contributed by atoms with Gasteiger partial charge in [0.2, 0.25) is 0 Å². The highest BCUT2D eigenvalue weighted by Crippen LogP contribution is 2.67. The fraction of sp³-hybridized carbons (Fsp3) is 0.893. The van der Waals surface area contributed by atoms with Crippen LogP contribution in [0.3, 0.4) is 0 Å². The molecule has 0 aromatic heterocycles. The van der Waals surface area contributed by atoms with Crippen molar-refractivity contribution in [1.29, 1.82) is 0 Å². The fourth-order valence-electron chi connectivity index (χ4n) is 10.2. The van der Waals surface area contributed by atoms with Gasteiger partial charge in [0.25, 0.3) is 0 Å². The molecule has 14 atom stereocenters. The molecule has 6 saturated carbocycles. The molecule has 186 valence electrons. The van der Waals surface area contributed by atoms with Crippen LogP contribution in [0.4, 0.5) is 0 Å². The number of fused-ring (bicyclic) bond motifs is 10. The van der Waals surface area contributed by atoms with Gasteiger partial charge in [0.1, 0.15) is 18.3 Å². The van der Waals surface area contributed by atoms with E-state index < -0.39 is 0 Å². The Morgan fingerprint density at radius 2 is 1.68 bits per heavy atom. The molecule has 0 spiro atoms. The van der Waals surface area contributed by atoms with Gasteiger partial charge < -0.3 is 14.2 Å². The summed E-state index contributed by atoms with van der Waals surface area (Å²) >= 11 is 0. The number of rotatable bonds is 7. The molecular weight excluding hydrogens is 432 g/mol. The van der Waals surface area contributed by atoms with Crippen molar-refractivity contribution in [2.24, 2.45) is 65.1 Å². The molecule has 1 heterocycles. The Morgan fingerprint density at radius 1 is 0.912 bits per heavy atom. The summed E-state index contributed by atoms with van der Waals surface area (Å²) in [6, 6.07) is 0. The van der Waals surface area contributed by atoms with E-state index in [1.54, 1.807) is 0 Å². The van der Waals surface area contributed by atoms with Gasteiger partial charge in [-0.3, -0.25) is 14.4 Å². The minimum absolute atomic E-state index is 0.0160. The summed E-state index contributed by atoms with van der Waals surface area (Å²) in [5.74, 6) is 4.21. The van der Waals surface area contributed by atoms with Crippen LogP contribution in [0, 0.1) is 65.1 Å². The minimum atomic E-state index is -0.329. The van der Waals surface area contributed by atoms with E-state index in [1.165, 1.54) is 25.7 Å². The summed E-state index contributed by atoms with van der Waals surface area (Å²) in [5.41, 5.74) is 0. The molecule has 6 heteroatoms. The lowest BCUT2D eigenvalue weighted by Crippen LogP contribution is -2.39. The average Bonchev–Trinajstić information content (AvgIpc) is 3.64. The predicted molar refractivity (Wildman–Crippen MR) is 121 cm³/mol. The standard InChI is InChI=1S/C28H38O6/c1-3-13(27(30)33-24-17-9-18-19(10-17)28(31)34-25(18)24)6-12(2)26(29)32-21-11-16-8-20(21)23-15-5-4-14(7-15)22(16)23/h12-25H,3-11H2,1-2H3. The lowest BCUT2D eigenvalue weighted by molar-refractivity contribution is -0.167. The molecule has 0 aromatic carbocycles. The van der Waals surface area contributed by atoms with Crippen LogP contribution in [-0.4, -0.2) is 36.2 Å². The normalized spacial score (nSPS) is 50.4. The smallest absolute Gasteiger partial charge is 0.309 e. The van der Waals surface area contributed by atoms with Crippen molar-refractivity contribution in [2.75, 3.05) is 0 Å². The zero-order valence-electron chi connectivity index (χ0n) is 20.4. The quantitative estimate of drug-likeness (QED) is 0.316. The van der Waals surface area contributed by atoms with Crippen molar-refractivity contribution in [3.8, 4) is 0 Å². The maximum atomic E-state index is 13.1. The van der Waals surface area contributed by atoms with Gasteiger partial charge in [-0.05, 0) is 93.3 Å². The molecule has 0 amide bonds. The van der Waals surface area contributed by atoms with Crippen LogP contribution >= 0.6 is 0 Å². The number of hydrogen-bond donors (Lipinski definition) is 0. The monoisotopic (exact) mass is 470 g/mol. The zero-order chi connectivity index (χ0) is 23.3. The molecule has 6 bridgehead atoms. The van der Waals surface area contributed by atoms with Gasteiger partial charge in [-0.1, -0.05) is 13.8 Å². The first-order valence-corrected chi connectivity index (χ1v) is 14.0. The lowest BCUT2D eigenvalue weighted by Gasteiger charge is -2.38. The molecule has 34 heavy (non-hydrogen) atoms. The van der Waals surface area contributed by atoms with E-state index >= 15 is 0 Å². The molecule has 7 aliphatic rings. The van der Waals surface area contributed by atoms with Crippen LogP contribution in [-0.2, 0) is 28.6 Å². The van der Waals surface area contributed by atoms with E-state index in [1.807, 2.05) is 13.8 Å². The van der Waals surface area contributed by atoms with Gasteiger partial charge in [0.05, 0.1) is 17.8 Å². The predicted octanol–water partition coefficient (Wildman–Crippen LogP) is 4.15. The molecule has 0 N–H and O–H groups in total. The summed E-state index contributed by atoms with van der Waals surface area (Å²) in [6.45, 7) is 3.87. The summed E-state index contributed by atoms with van der Waals surface area (Å²) in [7, 11) is 0. The Bertz CT molecular complexity index is 899. The Hall–Kier alpha value is -1.59. The highest BCUT2D eigenvalue weighted by atomic mass is 16.6. The second-order valence-corrected chi connectivity index (χ2v) is 12.9. The van der Waals surface area contributed by atoms with Crippen molar-refractivity contribution in [2.45, 2.75) is 89.9 Å². The van der Waals surface area contributed by atoms with Gasteiger partial charge in [-0.25, -0.2) is 0 Å². The lowest BCUT2D eigenvalue weighted by atomic mass is 9.70. The van der Waals surface area contributed by atoms with E-state index in [-0.39, 0.29) is 65.8 Å². The maximum absolute atomic E-state index is 13.1. The molecule has 1 aliphatic heterocycles. The molecule has 6 nitrogen and oxygen atoms in total. The second kappa shape index (κ2) is 7.70. The number of esters is 3. The second-order valence-electron chi connectivity index (χ2n) is 12.9. The van der Waals surface area contributed by atoms with Gasteiger partial charge in [0.15, 0.2) is 0 Å². The largest absolute Gasteiger partial charge is 0.462 e. The third kappa shape index (κ3) is 3.01. The van der Waals surface area contributed by atoms with Crippen LogP contribution in [0.15, 0.2) is 0 Å². The molecule has 1 saturated heterocycles. The van der Waals surface area contributed by atoms with Crippen molar-refractivity contribution < 1.29 is 28.6 Å². The van der Waals surface area contributed by atoms with Gasteiger partial charge >= 0.3 is 17.9 Å². The third-order valence-corrected chi connectivity index (χ3v) is 11.5.